The van der Waals surface area contributed by atoms with Gasteiger partial charge in [0.2, 0.25) is 0 Å². The van der Waals surface area contributed by atoms with Gasteiger partial charge in [-0.05, 0) is 40.5 Å². The van der Waals surface area contributed by atoms with Crippen molar-refractivity contribution in [3.63, 3.8) is 0 Å². The number of thiophene rings is 1. The Bertz CT molecular complexity index is 847. The van der Waals surface area contributed by atoms with Crippen LogP contribution >= 0.6 is 11.3 Å². The number of carbonyl (C=O) groups is 2. The molecule has 5 N–H and O–H groups in total. The van der Waals surface area contributed by atoms with E-state index in [0.717, 1.165) is 28.8 Å². The van der Waals surface area contributed by atoms with E-state index in [1.54, 1.807) is 0 Å². The van der Waals surface area contributed by atoms with Gasteiger partial charge in [0.25, 0.3) is 5.91 Å². The highest BCUT2D eigenvalue weighted by molar-refractivity contribution is 7.20. The third kappa shape index (κ3) is 2.67. The molecule has 126 valence electrons. The summed E-state index contributed by atoms with van der Waals surface area (Å²) in [5.74, 6) is -0.534. The molecule has 24 heavy (non-hydrogen) atoms. The zero-order chi connectivity index (χ0) is 17.6. The minimum atomic E-state index is -0.694. The summed E-state index contributed by atoms with van der Waals surface area (Å²) < 4.78 is 0. The van der Waals surface area contributed by atoms with E-state index >= 15 is 0 Å². The lowest BCUT2D eigenvalue weighted by Gasteiger charge is -2.27. The number of rotatable bonds is 2. The van der Waals surface area contributed by atoms with E-state index in [4.69, 9.17) is 11.5 Å². The van der Waals surface area contributed by atoms with Crippen molar-refractivity contribution in [1.29, 1.82) is 0 Å². The number of carbonyl (C=O) groups excluding carboxylic acids is 2. The van der Waals surface area contributed by atoms with Gasteiger partial charge in [-0.2, -0.15) is 0 Å². The van der Waals surface area contributed by atoms with Gasteiger partial charge in [-0.3, -0.25) is 10.1 Å². The first-order chi connectivity index (χ1) is 11.2. The third-order valence-electron chi connectivity index (χ3n) is 4.32. The molecule has 1 heterocycles. The van der Waals surface area contributed by atoms with Crippen molar-refractivity contribution >= 4 is 28.3 Å². The van der Waals surface area contributed by atoms with Crippen LogP contribution in [0.1, 0.15) is 47.8 Å². The highest BCUT2D eigenvalue weighted by Gasteiger charge is 2.31. The van der Waals surface area contributed by atoms with Crippen LogP contribution in [0.2, 0.25) is 0 Å². The second-order valence-electron chi connectivity index (χ2n) is 7.06. The quantitative estimate of drug-likeness (QED) is 0.779. The Morgan fingerprint density at radius 3 is 2.46 bits per heavy atom. The monoisotopic (exact) mass is 343 g/mol. The first kappa shape index (κ1) is 16.5. The predicted molar refractivity (Wildman–Crippen MR) is 97.6 cm³/mol. The van der Waals surface area contributed by atoms with Gasteiger partial charge < -0.3 is 11.5 Å². The molecule has 1 aliphatic carbocycles. The molecular formula is C18H21N3O2S. The molecule has 3 amide bonds. The highest BCUT2D eigenvalue weighted by atomic mass is 32.1. The topological polar surface area (TPSA) is 98.2 Å². The number of hydrogen-bond donors (Lipinski definition) is 3. The number of anilines is 1. The molecule has 1 aromatic carbocycles. The molecule has 6 heteroatoms. The molecule has 2 aromatic rings. The number of nitrogens with two attached hydrogens (primary N) is 2. The standard InChI is InChI=1S/C18H21N3O2S/c1-18(2,3)11-6-4-5-9-7-8-10-13(15(19)22)16(21-17(20)23)24-14(10)12(9)11/h4-6H,7-8H2,1-3H3,(H2,19,22)(H3,20,21,23). The van der Waals surface area contributed by atoms with Gasteiger partial charge in [-0.1, -0.05) is 39.0 Å². The third-order valence-corrected chi connectivity index (χ3v) is 5.49. The van der Waals surface area contributed by atoms with Crippen molar-refractivity contribution in [2.45, 2.75) is 39.0 Å². The molecule has 0 aliphatic heterocycles. The van der Waals surface area contributed by atoms with Crippen LogP contribution in [0.3, 0.4) is 0 Å². The fourth-order valence-electron chi connectivity index (χ4n) is 3.33. The zero-order valence-electron chi connectivity index (χ0n) is 14.0. The molecule has 0 fully saturated rings. The summed E-state index contributed by atoms with van der Waals surface area (Å²) >= 11 is 1.38. The molecule has 5 nitrogen and oxygen atoms in total. The van der Waals surface area contributed by atoms with E-state index in [-0.39, 0.29) is 5.41 Å². The van der Waals surface area contributed by atoms with Gasteiger partial charge in [0.1, 0.15) is 5.00 Å². The number of amides is 3. The SMILES string of the molecule is CC(C)(C)c1cccc2c1-c1sc(NC(N)=O)c(C(N)=O)c1CC2. The molecule has 0 atom stereocenters. The van der Waals surface area contributed by atoms with E-state index in [1.165, 1.54) is 22.5 Å². The summed E-state index contributed by atoms with van der Waals surface area (Å²) in [4.78, 5) is 24.3. The highest BCUT2D eigenvalue weighted by Crippen LogP contribution is 2.48. The molecule has 3 rings (SSSR count). The zero-order valence-corrected chi connectivity index (χ0v) is 14.8. The van der Waals surface area contributed by atoms with Crippen LogP contribution in [-0.2, 0) is 18.3 Å². The Hall–Kier alpha value is -2.34. The molecule has 0 spiro atoms. The number of fused-ring (bicyclic) bond motifs is 3. The number of hydrogen-bond acceptors (Lipinski definition) is 3. The normalized spacial score (nSPS) is 13.1. The van der Waals surface area contributed by atoms with Crippen LogP contribution in [0, 0.1) is 0 Å². The lowest BCUT2D eigenvalue weighted by atomic mass is 9.78. The van der Waals surface area contributed by atoms with Crippen LogP contribution in [-0.4, -0.2) is 11.9 Å². The van der Waals surface area contributed by atoms with Crippen molar-refractivity contribution in [3.05, 3.63) is 40.5 Å². The first-order valence-electron chi connectivity index (χ1n) is 7.84. The Labute approximate surface area is 145 Å². The molecule has 1 aliphatic rings. The summed E-state index contributed by atoms with van der Waals surface area (Å²) in [6.45, 7) is 6.51. The first-order valence-corrected chi connectivity index (χ1v) is 8.66. The molecule has 0 bridgehead atoms. The number of primary amides is 2. The maximum atomic E-state index is 12.0. The second kappa shape index (κ2) is 5.63. The van der Waals surface area contributed by atoms with E-state index in [0.29, 0.717) is 10.6 Å². The number of aryl methyl sites for hydroxylation is 1. The Balaban J connectivity index is 2.30. The summed E-state index contributed by atoms with van der Waals surface area (Å²) in [5, 5.41) is 3.00. The van der Waals surface area contributed by atoms with E-state index in [2.05, 4.69) is 44.3 Å². The van der Waals surface area contributed by atoms with E-state index < -0.39 is 11.9 Å². The largest absolute Gasteiger partial charge is 0.365 e. The number of nitrogens with one attached hydrogen (secondary N) is 1. The minimum absolute atomic E-state index is 0.0336. The summed E-state index contributed by atoms with van der Waals surface area (Å²) in [6.07, 6.45) is 1.57. The Kier molecular flexibility index (Phi) is 3.87. The van der Waals surface area contributed by atoms with Crippen LogP contribution < -0.4 is 16.8 Å². The van der Waals surface area contributed by atoms with Gasteiger partial charge in [-0.25, -0.2) is 4.79 Å². The predicted octanol–water partition coefficient (Wildman–Crippen LogP) is 3.40. The fourth-order valence-corrected chi connectivity index (χ4v) is 4.68. The lowest BCUT2D eigenvalue weighted by molar-refractivity contribution is 0.100. The molecule has 0 saturated heterocycles. The van der Waals surface area contributed by atoms with Crippen LogP contribution in [0.5, 0.6) is 0 Å². The minimum Gasteiger partial charge on any atom is -0.365 e. The molecule has 0 radical (unpaired) electrons. The molecular weight excluding hydrogens is 322 g/mol. The smallest absolute Gasteiger partial charge is 0.317 e. The lowest BCUT2D eigenvalue weighted by Crippen LogP contribution is -2.22. The second-order valence-corrected chi connectivity index (χ2v) is 8.08. The van der Waals surface area contributed by atoms with Gasteiger partial charge >= 0.3 is 6.03 Å². The Morgan fingerprint density at radius 2 is 1.88 bits per heavy atom. The van der Waals surface area contributed by atoms with Gasteiger partial charge in [0, 0.05) is 4.88 Å². The molecule has 0 saturated carbocycles. The van der Waals surface area contributed by atoms with E-state index in [1.807, 2.05) is 0 Å². The van der Waals surface area contributed by atoms with Crippen molar-refractivity contribution in [1.82, 2.24) is 0 Å². The number of urea groups is 1. The van der Waals surface area contributed by atoms with Gasteiger partial charge in [0.15, 0.2) is 0 Å². The summed E-state index contributed by atoms with van der Waals surface area (Å²) in [6, 6.07) is 5.63. The molecule has 1 aromatic heterocycles. The fraction of sp³-hybridized carbons (Fsp3) is 0.333. The van der Waals surface area contributed by atoms with Crippen LogP contribution in [0.25, 0.3) is 10.4 Å². The van der Waals surface area contributed by atoms with Crippen molar-refractivity contribution in [2.75, 3.05) is 5.32 Å². The van der Waals surface area contributed by atoms with E-state index in [9.17, 15) is 9.59 Å². The average molecular weight is 343 g/mol. The van der Waals surface area contributed by atoms with Crippen LogP contribution in [0.4, 0.5) is 9.80 Å². The van der Waals surface area contributed by atoms with Gasteiger partial charge in [0.05, 0.1) is 5.56 Å². The summed E-state index contributed by atoms with van der Waals surface area (Å²) in [7, 11) is 0. The summed E-state index contributed by atoms with van der Waals surface area (Å²) in [5.41, 5.74) is 15.8. The molecule has 0 unspecified atom stereocenters. The van der Waals surface area contributed by atoms with Crippen molar-refractivity contribution in [3.8, 4) is 10.4 Å². The average Bonchev–Trinajstić information content (AvgIpc) is 2.82. The Morgan fingerprint density at radius 1 is 1.17 bits per heavy atom. The van der Waals surface area contributed by atoms with Gasteiger partial charge in [-0.15, -0.1) is 11.3 Å². The van der Waals surface area contributed by atoms with Crippen LogP contribution in [0.15, 0.2) is 18.2 Å². The maximum absolute atomic E-state index is 12.0. The maximum Gasteiger partial charge on any atom is 0.317 e. The number of benzene rings is 1. The van der Waals surface area contributed by atoms with Crippen molar-refractivity contribution < 1.29 is 9.59 Å². The van der Waals surface area contributed by atoms with Crippen molar-refractivity contribution in [2.24, 2.45) is 11.5 Å².